The number of hydrogen-bond acceptors (Lipinski definition) is 3. The molecule has 0 unspecified atom stereocenters. The molecule has 0 fully saturated rings. The van der Waals surface area contributed by atoms with Gasteiger partial charge in [-0.15, -0.1) is 0 Å². The van der Waals surface area contributed by atoms with Crippen molar-refractivity contribution in [2.45, 2.75) is 19.9 Å². The Labute approximate surface area is 126 Å². The van der Waals surface area contributed by atoms with Crippen LogP contribution < -0.4 is 5.32 Å². The van der Waals surface area contributed by atoms with Gasteiger partial charge in [0.2, 0.25) is 0 Å². The molecule has 1 aromatic carbocycles. The summed E-state index contributed by atoms with van der Waals surface area (Å²) in [6, 6.07) is 1.47. The second-order valence-electron chi connectivity index (χ2n) is 4.83. The second-order valence-corrected chi connectivity index (χ2v) is 4.83. The summed E-state index contributed by atoms with van der Waals surface area (Å²) in [5.41, 5.74) is 0.482. The fraction of sp³-hybridized carbons (Fsp3) is 0.333. The van der Waals surface area contributed by atoms with Gasteiger partial charge < -0.3 is 15.0 Å². The topological polar surface area (TPSA) is 58.6 Å². The van der Waals surface area contributed by atoms with Crippen molar-refractivity contribution in [2.75, 3.05) is 13.7 Å². The molecule has 0 bridgehead atoms. The van der Waals surface area contributed by atoms with Gasteiger partial charge in [-0.2, -0.15) is 0 Å². The smallest absolute Gasteiger partial charge is 0.338 e. The molecule has 1 atom stereocenters. The number of urea groups is 1. The fourth-order valence-corrected chi connectivity index (χ4v) is 2.28. The number of halogens is 2. The molecule has 0 aliphatic carbocycles. The highest BCUT2D eigenvalue weighted by atomic mass is 19.1. The van der Waals surface area contributed by atoms with Crippen molar-refractivity contribution in [3.8, 4) is 0 Å². The van der Waals surface area contributed by atoms with Gasteiger partial charge in [-0.1, -0.05) is 6.07 Å². The first kappa shape index (κ1) is 15.9. The largest absolute Gasteiger partial charge is 0.463 e. The molecule has 1 aliphatic heterocycles. The fourth-order valence-electron chi connectivity index (χ4n) is 2.28. The first-order chi connectivity index (χ1) is 10.4. The minimum Gasteiger partial charge on any atom is -0.463 e. The van der Waals surface area contributed by atoms with Crippen molar-refractivity contribution >= 4 is 12.0 Å². The maximum atomic E-state index is 14.0. The van der Waals surface area contributed by atoms with Gasteiger partial charge in [-0.05, 0) is 19.9 Å². The van der Waals surface area contributed by atoms with Crippen LogP contribution in [0.1, 0.15) is 25.5 Å². The van der Waals surface area contributed by atoms with E-state index in [2.05, 4.69) is 5.32 Å². The van der Waals surface area contributed by atoms with Crippen LogP contribution >= 0.6 is 0 Å². The Morgan fingerprint density at radius 2 is 2.09 bits per heavy atom. The average Bonchev–Trinajstić information content (AvgIpc) is 2.44. The number of rotatable bonds is 3. The first-order valence-corrected chi connectivity index (χ1v) is 6.73. The molecule has 0 spiro atoms. The van der Waals surface area contributed by atoms with Crippen LogP contribution in [-0.2, 0) is 9.53 Å². The number of esters is 1. The van der Waals surface area contributed by atoms with Crippen LogP contribution in [0.5, 0.6) is 0 Å². The van der Waals surface area contributed by atoms with Gasteiger partial charge in [0.05, 0.1) is 18.2 Å². The Morgan fingerprint density at radius 1 is 1.41 bits per heavy atom. The molecule has 7 heteroatoms. The molecular weight excluding hydrogens is 294 g/mol. The minimum atomic E-state index is -1.02. The van der Waals surface area contributed by atoms with Crippen LogP contribution in [0.4, 0.5) is 13.6 Å². The number of carbonyl (C=O) groups is 2. The maximum absolute atomic E-state index is 14.0. The van der Waals surface area contributed by atoms with E-state index in [0.717, 1.165) is 6.07 Å². The summed E-state index contributed by atoms with van der Waals surface area (Å²) in [7, 11) is 1.49. The number of hydrogen-bond donors (Lipinski definition) is 1. The zero-order chi connectivity index (χ0) is 16.4. The molecule has 0 aromatic heterocycles. The molecule has 22 heavy (non-hydrogen) atoms. The molecule has 0 saturated carbocycles. The van der Waals surface area contributed by atoms with Crippen LogP contribution in [0.3, 0.4) is 0 Å². The molecule has 2 rings (SSSR count). The summed E-state index contributed by atoms with van der Waals surface area (Å²) in [4.78, 5) is 25.3. The van der Waals surface area contributed by atoms with Crippen LogP contribution in [0.15, 0.2) is 29.5 Å². The Morgan fingerprint density at radius 3 is 2.68 bits per heavy atom. The average molecular weight is 310 g/mol. The Bertz CT molecular complexity index is 658. The number of nitrogens with one attached hydrogen (secondary N) is 1. The molecule has 1 aliphatic rings. The Hall–Kier alpha value is -2.44. The number of benzene rings is 1. The van der Waals surface area contributed by atoms with Crippen molar-refractivity contribution in [2.24, 2.45) is 0 Å². The van der Waals surface area contributed by atoms with Gasteiger partial charge in [0, 0.05) is 24.4 Å². The zero-order valence-corrected chi connectivity index (χ0v) is 12.4. The first-order valence-electron chi connectivity index (χ1n) is 6.73. The van der Waals surface area contributed by atoms with Crippen LogP contribution in [0.2, 0.25) is 0 Å². The lowest BCUT2D eigenvalue weighted by Gasteiger charge is -2.33. The van der Waals surface area contributed by atoms with Gasteiger partial charge in [-0.3, -0.25) is 0 Å². The highest BCUT2D eigenvalue weighted by molar-refractivity contribution is 5.95. The lowest BCUT2D eigenvalue weighted by molar-refractivity contribution is -0.139. The van der Waals surface area contributed by atoms with E-state index >= 15 is 0 Å². The van der Waals surface area contributed by atoms with E-state index in [1.807, 2.05) is 0 Å². The van der Waals surface area contributed by atoms with Gasteiger partial charge in [0.15, 0.2) is 0 Å². The van der Waals surface area contributed by atoms with Crippen molar-refractivity contribution in [1.29, 1.82) is 0 Å². The number of nitrogens with zero attached hydrogens (tertiary/aromatic N) is 1. The summed E-state index contributed by atoms with van der Waals surface area (Å²) in [5.74, 6) is -2.23. The van der Waals surface area contributed by atoms with Crippen LogP contribution in [0.25, 0.3) is 0 Å². The molecule has 1 N–H and O–H groups in total. The van der Waals surface area contributed by atoms with Crippen LogP contribution in [-0.4, -0.2) is 30.6 Å². The number of ether oxygens (including phenoxy) is 1. The Kier molecular flexibility index (Phi) is 4.44. The van der Waals surface area contributed by atoms with Crippen molar-refractivity contribution in [3.63, 3.8) is 0 Å². The molecule has 1 heterocycles. The van der Waals surface area contributed by atoms with E-state index in [1.165, 1.54) is 18.0 Å². The lowest BCUT2D eigenvalue weighted by Crippen LogP contribution is -2.46. The third-order valence-corrected chi connectivity index (χ3v) is 3.52. The van der Waals surface area contributed by atoms with E-state index in [4.69, 9.17) is 4.74 Å². The summed E-state index contributed by atoms with van der Waals surface area (Å²) in [6.45, 7) is 3.36. The van der Waals surface area contributed by atoms with E-state index in [-0.39, 0.29) is 17.7 Å². The second kappa shape index (κ2) is 6.13. The SMILES string of the molecule is CCOC(=O)C1=C(C)N(C)C(=O)N[C@H]1c1ccc(F)cc1F. The maximum Gasteiger partial charge on any atom is 0.338 e. The highest BCUT2D eigenvalue weighted by Crippen LogP contribution is 2.32. The normalized spacial score (nSPS) is 18.3. The Balaban J connectivity index is 2.55. The third-order valence-electron chi connectivity index (χ3n) is 3.52. The quantitative estimate of drug-likeness (QED) is 0.873. The van der Waals surface area contributed by atoms with Gasteiger partial charge in [0.1, 0.15) is 11.6 Å². The summed E-state index contributed by atoms with van der Waals surface area (Å²) < 4.78 is 32.1. The molecular formula is C15H16F2N2O3. The van der Waals surface area contributed by atoms with E-state index in [1.54, 1.807) is 13.8 Å². The van der Waals surface area contributed by atoms with Crippen molar-refractivity contribution in [3.05, 3.63) is 46.7 Å². The predicted octanol–water partition coefficient (Wildman–Crippen LogP) is 2.50. The van der Waals surface area contributed by atoms with Gasteiger partial charge >= 0.3 is 12.0 Å². The molecule has 118 valence electrons. The minimum absolute atomic E-state index is 0.00486. The van der Waals surface area contributed by atoms with E-state index in [0.29, 0.717) is 11.8 Å². The van der Waals surface area contributed by atoms with E-state index < -0.39 is 29.7 Å². The highest BCUT2D eigenvalue weighted by Gasteiger charge is 2.36. The third kappa shape index (κ3) is 2.79. The standard InChI is InChI=1S/C15H16F2N2O3/c1-4-22-14(20)12-8(2)19(3)15(21)18-13(12)10-6-5-9(16)7-11(10)17/h5-7,13H,4H2,1-3H3,(H,18,21)/t13-/m0/s1. The molecule has 5 nitrogen and oxygen atoms in total. The van der Waals surface area contributed by atoms with E-state index in [9.17, 15) is 18.4 Å². The number of carbonyl (C=O) groups excluding carboxylic acids is 2. The number of amides is 2. The van der Waals surface area contributed by atoms with Gasteiger partial charge in [-0.25, -0.2) is 18.4 Å². The zero-order valence-electron chi connectivity index (χ0n) is 12.4. The summed E-state index contributed by atoms with van der Waals surface area (Å²) in [6.07, 6.45) is 0. The van der Waals surface area contributed by atoms with Crippen molar-refractivity contribution in [1.82, 2.24) is 10.2 Å². The molecule has 2 amide bonds. The van der Waals surface area contributed by atoms with Crippen molar-refractivity contribution < 1.29 is 23.1 Å². The molecule has 0 saturated heterocycles. The van der Waals surface area contributed by atoms with Gasteiger partial charge in [0.25, 0.3) is 0 Å². The number of allylic oxidation sites excluding steroid dienone is 1. The summed E-state index contributed by atoms with van der Waals surface area (Å²) in [5, 5.41) is 2.53. The lowest BCUT2D eigenvalue weighted by atomic mass is 9.94. The molecule has 0 radical (unpaired) electrons. The predicted molar refractivity (Wildman–Crippen MR) is 74.7 cm³/mol. The summed E-state index contributed by atoms with van der Waals surface area (Å²) >= 11 is 0. The van der Waals surface area contributed by atoms with Crippen LogP contribution in [0, 0.1) is 11.6 Å². The monoisotopic (exact) mass is 310 g/mol. The molecule has 1 aromatic rings.